The highest BCUT2D eigenvalue weighted by Crippen LogP contribution is 2.16. The van der Waals surface area contributed by atoms with Gasteiger partial charge in [0.2, 0.25) is 0 Å². The lowest BCUT2D eigenvalue weighted by Gasteiger charge is -2.20. The van der Waals surface area contributed by atoms with E-state index in [1.54, 1.807) is 12.1 Å². The lowest BCUT2D eigenvalue weighted by Crippen LogP contribution is -2.47. The van der Waals surface area contributed by atoms with Gasteiger partial charge in [0.15, 0.2) is 0 Å². The fourth-order valence-electron chi connectivity index (χ4n) is 1.34. The highest BCUT2D eigenvalue weighted by atomic mass is 35.5. The van der Waals surface area contributed by atoms with Crippen LogP contribution in [0.1, 0.15) is 0 Å². The van der Waals surface area contributed by atoms with E-state index in [0.717, 1.165) is 11.4 Å². The van der Waals surface area contributed by atoms with Gasteiger partial charge in [0.05, 0.1) is 11.4 Å². The van der Waals surface area contributed by atoms with Crippen molar-refractivity contribution in [2.24, 2.45) is 5.84 Å². The number of halogens is 1. The monoisotopic (exact) mass is 248 g/mol. The summed E-state index contributed by atoms with van der Waals surface area (Å²) in [7, 11) is 0. The fraction of sp³-hybridized carbons (Fsp3) is 0. The van der Waals surface area contributed by atoms with Crippen LogP contribution in [0.15, 0.2) is 54.6 Å². The van der Waals surface area contributed by atoms with Crippen LogP contribution < -0.4 is 21.9 Å². The molecule has 2 aromatic rings. The average Bonchev–Trinajstić information content (AvgIpc) is 2.37. The highest BCUT2D eigenvalue weighted by molar-refractivity contribution is 6.30. The van der Waals surface area contributed by atoms with Gasteiger partial charge >= 0.3 is 0 Å². The minimum atomic E-state index is 0.638. The zero-order valence-corrected chi connectivity index (χ0v) is 9.85. The van der Waals surface area contributed by atoms with Gasteiger partial charge in [0.25, 0.3) is 0 Å². The second kappa shape index (κ2) is 5.54. The van der Waals surface area contributed by atoms with E-state index in [9.17, 15) is 0 Å². The molecule has 0 aliphatic carbocycles. The minimum absolute atomic E-state index is 0.638. The predicted molar refractivity (Wildman–Crippen MR) is 71.3 cm³/mol. The molecular formula is C12H13ClN4. The summed E-state index contributed by atoms with van der Waals surface area (Å²) in [6.07, 6.45) is 0. The lowest BCUT2D eigenvalue weighted by atomic mass is 10.3. The molecule has 0 bridgehead atoms. The normalized spacial score (nSPS) is 10.0. The quantitative estimate of drug-likeness (QED) is 0.575. The summed E-state index contributed by atoms with van der Waals surface area (Å²) in [6.45, 7) is 0. The summed E-state index contributed by atoms with van der Waals surface area (Å²) in [4.78, 5) is 0. The summed E-state index contributed by atoms with van der Waals surface area (Å²) in [5.74, 6) is 5.81. The van der Waals surface area contributed by atoms with Gasteiger partial charge in [-0.3, -0.25) is 0 Å². The molecule has 4 N–H and O–H groups in total. The molecule has 0 fully saturated rings. The Hall–Kier alpha value is -1.75. The van der Waals surface area contributed by atoms with Crippen molar-refractivity contribution in [3.05, 3.63) is 59.6 Å². The fourth-order valence-corrected chi connectivity index (χ4v) is 1.52. The number of rotatable bonds is 4. The van der Waals surface area contributed by atoms with Gasteiger partial charge < -0.3 is 5.43 Å². The standard InChI is InChI=1S/C12H13ClN4/c13-10-5-4-8-12(9-10)17(14)16-15-11-6-2-1-3-7-11/h1-9,15-16H,14H2. The van der Waals surface area contributed by atoms with Crippen molar-refractivity contribution in [3.63, 3.8) is 0 Å². The maximum atomic E-state index is 5.88. The van der Waals surface area contributed by atoms with Crippen LogP contribution in [0.3, 0.4) is 0 Å². The van der Waals surface area contributed by atoms with Crippen LogP contribution in [-0.4, -0.2) is 0 Å². The van der Waals surface area contributed by atoms with E-state index in [-0.39, 0.29) is 0 Å². The van der Waals surface area contributed by atoms with Gasteiger partial charge in [0, 0.05) is 5.02 Å². The van der Waals surface area contributed by atoms with Crippen molar-refractivity contribution in [1.29, 1.82) is 0 Å². The number of para-hydroxylation sites is 1. The van der Waals surface area contributed by atoms with E-state index in [0.29, 0.717) is 5.02 Å². The first-order valence-corrected chi connectivity index (χ1v) is 5.50. The van der Waals surface area contributed by atoms with Crippen LogP contribution in [0.5, 0.6) is 0 Å². The number of hydrogen-bond donors (Lipinski definition) is 3. The van der Waals surface area contributed by atoms with Crippen molar-refractivity contribution in [1.82, 2.24) is 5.53 Å². The number of hydrogen-bond acceptors (Lipinski definition) is 4. The number of nitrogens with one attached hydrogen (secondary N) is 2. The Morgan fingerprint density at radius 3 is 2.47 bits per heavy atom. The lowest BCUT2D eigenvalue weighted by molar-refractivity contribution is 0.726. The van der Waals surface area contributed by atoms with Crippen molar-refractivity contribution in [3.8, 4) is 0 Å². The van der Waals surface area contributed by atoms with E-state index in [1.165, 1.54) is 5.12 Å². The first-order chi connectivity index (χ1) is 8.25. The molecule has 4 nitrogen and oxygen atoms in total. The molecule has 88 valence electrons. The molecule has 0 saturated carbocycles. The van der Waals surface area contributed by atoms with E-state index >= 15 is 0 Å². The molecule has 0 aromatic heterocycles. The molecule has 0 atom stereocenters. The van der Waals surface area contributed by atoms with E-state index < -0.39 is 0 Å². The first kappa shape index (κ1) is 11.7. The third-order valence-corrected chi connectivity index (χ3v) is 2.42. The van der Waals surface area contributed by atoms with Crippen LogP contribution >= 0.6 is 11.6 Å². The van der Waals surface area contributed by atoms with Crippen LogP contribution in [0, 0.1) is 0 Å². The highest BCUT2D eigenvalue weighted by Gasteiger charge is 2.00. The number of hydrazine groups is 3. The van der Waals surface area contributed by atoms with Crippen molar-refractivity contribution >= 4 is 23.0 Å². The predicted octanol–water partition coefficient (Wildman–Crippen LogP) is 2.55. The van der Waals surface area contributed by atoms with E-state index in [1.807, 2.05) is 42.5 Å². The Balaban J connectivity index is 1.96. The van der Waals surface area contributed by atoms with Crippen LogP contribution in [0.4, 0.5) is 11.4 Å². The topological polar surface area (TPSA) is 53.3 Å². The maximum absolute atomic E-state index is 5.88. The molecule has 17 heavy (non-hydrogen) atoms. The molecule has 5 heteroatoms. The Labute approximate surface area is 105 Å². The van der Waals surface area contributed by atoms with Crippen molar-refractivity contribution < 1.29 is 0 Å². The number of nitrogens with zero attached hydrogens (tertiary/aromatic N) is 1. The average molecular weight is 249 g/mol. The second-order valence-corrected chi connectivity index (χ2v) is 3.89. The summed E-state index contributed by atoms with van der Waals surface area (Å²) in [6, 6.07) is 16.9. The number of anilines is 2. The van der Waals surface area contributed by atoms with Crippen LogP contribution in [-0.2, 0) is 0 Å². The van der Waals surface area contributed by atoms with Gasteiger partial charge in [-0.1, -0.05) is 35.9 Å². The molecule has 0 amide bonds. The molecule has 0 spiro atoms. The molecular weight excluding hydrogens is 236 g/mol. The molecule has 2 aromatic carbocycles. The Morgan fingerprint density at radius 2 is 1.76 bits per heavy atom. The Kier molecular flexibility index (Phi) is 3.82. The molecule has 2 rings (SSSR count). The van der Waals surface area contributed by atoms with E-state index in [2.05, 4.69) is 11.0 Å². The number of nitrogens with two attached hydrogens (primary N) is 1. The van der Waals surface area contributed by atoms with Gasteiger partial charge in [-0.15, -0.1) is 5.53 Å². The summed E-state index contributed by atoms with van der Waals surface area (Å²) < 4.78 is 0. The summed E-state index contributed by atoms with van der Waals surface area (Å²) in [5.41, 5.74) is 7.50. The molecule has 0 unspecified atom stereocenters. The number of benzene rings is 2. The third kappa shape index (κ3) is 3.35. The summed E-state index contributed by atoms with van der Waals surface area (Å²) in [5, 5.41) is 2.00. The second-order valence-electron chi connectivity index (χ2n) is 3.45. The molecule has 0 aliphatic heterocycles. The van der Waals surface area contributed by atoms with Gasteiger partial charge in [-0.2, -0.15) is 0 Å². The maximum Gasteiger partial charge on any atom is 0.0733 e. The summed E-state index contributed by atoms with van der Waals surface area (Å²) >= 11 is 5.88. The zero-order chi connectivity index (χ0) is 12.1. The van der Waals surface area contributed by atoms with Crippen LogP contribution in [0.2, 0.25) is 5.02 Å². The Morgan fingerprint density at radius 1 is 1.00 bits per heavy atom. The molecule has 0 radical (unpaired) electrons. The van der Waals surface area contributed by atoms with Crippen molar-refractivity contribution in [2.45, 2.75) is 0 Å². The first-order valence-electron chi connectivity index (χ1n) is 5.13. The smallest absolute Gasteiger partial charge is 0.0733 e. The van der Waals surface area contributed by atoms with Crippen LogP contribution in [0.25, 0.3) is 0 Å². The molecule has 0 saturated heterocycles. The minimum Gasteiger partial charge on any atom is -0.303 e. The van der Waals surface area contributed by atoms with Gasteiger partial charge in [-0.25, -0.2) is 11.0 Å². The van der Waals surface area contributed by atoms with Gasteiger partial charge in [-0.05, 0) is 30.3 Å². The Bertz CT molecular complexity index is 475. The third-order valence-electron chi connectivity index (χ3n) is 2.18. The molecule has 0 heterocycles. The zero-order valence-electron chi connectivity index (χ0n) is 9.10. The SMILES string of the molecule is NN(NNc1ccccc1)c1cccc(Cl)c1. The largest absolute Gasteiger partial charge is 0.303 e. The van der Waals surface area contributed by atoms with E-state index in [4.69, 9.17) is 17.4 Å². The van der Waals surface area contributed by atoms with Crippen molar-refractivity contribution in [2.75, 3.05) is 10.5 Å². The van der Waals surface area contributed by atoms with Gasteiger partial charge in [0.1, 0.15) is 0 Å². The molecule has 0 aliphatic rings.